The van der Waals surface area contributed by atoms with Crippen molar-refractivity contribution in [3.63, 3.8) is 0 Å². The molecule has 1 aliphatic carbocycles. The lowest BCUT2D eigenvalue weighted by atomic mass is 10.0. The third kappa shape index (κ3) is 4.59. The summed E-state index contributed by atoms with van der Waals surface area (Å²) in [6.45, 7) is 1.88. The summed E-state index contributed by atoms with van der Waals surface area (Å²) in [5, 5.41) is 21.7. The summed E-state index contributed by atoms with van der Waals surface area (Å²) >= 11 is 0. The van der Waals surface area contributed by atoms with Gasteiger partial charge in [-0.2, -0.15) is 0 Å². The van der Waals surface area contributed by atoms with E-state index in [-0.39, 0.29) is 5.75 Å². The predicted octanol–water partition coefficient (Wildman–Crippen LogP) is 4.79. The summed E-state index contributed by atoms with van der Waals surface area (Å²) in [5.41, 5.74) is 5.26. The Morgan fingerprint density at radius 2 is 1.75 bits per heavy atom. The molecule has 32 heavy (non-hydrogen) atoms. The van der Waals surface area contributed by atoms with Gasteiger partial charge in [-0.1, -0.05) is 30.3 Å². The molecule has 0 heterocycles. The number of benzene rings is 3. The molecule has 0 aliphatic heterocycles. The second-order valence-electron chi connectivity index (χ2n) is 8.02. The van der Waals surface area contributed by atoms with Crippen LogP contribution in [-0.2, 0) is 35.3 Å². The van der Waals surface area contributed by atoms with Crippen LogP contribution in [0.15, 0.2) is 54.6 Å². The van der Waals surface area contributed by atoms with Gasteiger partial charge < -0.3 is 20.3 Å². The number of carboxylic acids is 1. The second kappa shape index (κ2) is 9.14. The Morgan fingerprint density at radius 1 is 1.00 bits per heavy atom. The number of phenolic OH excluding ortho intramolecular Hbond substituents is 1. The van der Waals surface area contributed by atoms with Gasteiger partial charge in [0.15, 0.2) is 0 Å². The van der Waals surface area contributed by atoms with E-state index in [1.165, 1.54) is 5.56 Å². The zero-order valence-corrected chi connectivity index (χ0v) is 17.9. The number of amides is 1. The van der Waals surface area contributed by atoms with Crippen molar-refractivity contribution in [3.05, 3.63) is 82.4 Å². The number of aromatic hydroxyl groups is 1. The molecule has 0 saturated carbocycles. The molecular formula is C26H25NO5. The summed E-state index contributed by atoms with van der Waals surface area (Å²) in [7, 11) is 0. The Hall–Kier alpha value is -3.80. The van der Waals surface area contributed by atoms with Crippen LogP contribution >= 0.6 is 0 Å². The van der Waals surface area contributed by atoms with Crippen molar-refractivity contribution < 1.29 is 24.5 Å². The highest BCUT2D eigenvalue weighted by molar-refractivity contribution is 6.36. The minimum Gasteiger partial charge on any atom is -0.508 e. The van der Waals surface area contributed by atoms with Gasteiger partial charge in [-0.3, -0.25) is 4.79 Å². The Labute approximate surface area is 186 Å². The van der Waals surface area contributed by atoms with Crippen molar-refractivity contribution >= 4 is 17.6 Å². The summed E-state index contributed by atoms with van der Waals surface area (Å²) < 4.78 is 6.27. The molecular weight excluding hydrogens is 406 g/mol. The van der Waals surface area contributed by atoms with Crippen molar-refractivity contribution in [2.24, 2.45) is 0 Å². The lowest BCUT2D eigenvalue weighted by molar-refractivity contribution is -0.147. The van der Waals surface area contributed by atoms with Gasteiger partial charge in [-0.15, -0.1) is 0 Å². The molecule has 0 saturated heterocycles. The molecule has 0 atom stereocenters. The van der Waals surface area contributed by atoms with E-state index in [0.717, 1.165) is 53.7 Å². The van der Waals surface area contributed by atoms with Gasteiger partial charge in [0.1, 0.15) is 17.2 Å². The third-order valence-corrected chi connectivity index (χ3v) is 5.78. The minimum atomic E-state index is -1.51. The highest BCUT2D eigenvalue weighted by Gasteiger charge is 2.24. The molecule has 1 amide bonds. The molecule has 1 aliphatic rings. The van der Waals surface area contributed by atoms with Gasteiger partial charge in [-0.05, 0) is 85.5 Å². The van der Waals surface area contributed by atoms with E-state index < -0.39 is 11.9 Å². The number of hydrogen-bond acceptors (Lipinski definition) is 4. The van der Waals surface area contributed by atoms with Crippen LogP contribution < -0.4 is 10.1 Å². The fraction of sp³-hybridized carbons (Fsp3) is 0.231. The molecule has 0 unspecified atom stereocenters. The van der Waals surface area contributed by atoms with Gasteiger partial charge in [0.2, 0.25) is 0 Å². The number of fused-ring (bicyclic) bond motifs is 1. The first-order valence-corrected chi connectivity index (χ1v) is 10.7. The van der Waals surface area contributed by atoms with E-state index in [2.05, 4.69) is 17.4 Å². The number of carbonyl (C=O) groups excluding carboxylic acids is 1. The number of aliphatic carboxylic acids is 1. The topological polar surface area (TPSA) is 95.9 Å². The number of aryl methyl sites for hydroxylation is 3. The van der Waals surface area contributed by atoms with Crippen LogP contribution in [-0.4, -0.2) is 22.1 Å². The van der Waals surface area contributed by atoms with E-state index in [4.69, 9.17) is 9.84 Å². The number of phenols is 1. The first-order valence-electron chi connectivity index (χ1n) is 10.7. The van der Waals surface area contributed by atoms with Crippen LogP contribution in [0.25, 0.3) is 0 Å². The van der Waals surface area contributed by atoms with Gasteiger partial charge in [-0.25, -0.2) is 4.79 Å². The monoisotopic (exact) mass is 431 g/mol. The molecule has 3 aromatic carbocycles. The average molecular weight is 431 g/mol. The second-order valence-corrected chi connectivity index (χ2v) is 8.02. The molecule has 4 rings (SSSR count). The Morgan fingerprint density at radius 3 is 2.50 bits per heavy atom. The maximum Gasteiger partial charge on any atom is 0.394 e. The number of hydrogen-bond donors (Lipinski definition) is 3. The maximum atomic E-state index is 11.7. The van der Waals surface area contributed by atoms with Crippen LogP contribution in [0, 0.1) is 6.92 Å². The smallest absolute Gasteiger partial charge is 0.394 e. The number of carboxylic acid groups (broad SMARTS) is 1. The maximum absolute atomic E-state index is 11.7. The normalized spacial score (nSPS) is 12.3. The van der Waals surface area contributed by atoms with E-state index in [1.54, 1.807) is 18.2 Å². The fourth-order valence-electron chi connectivity index (χ4n) is 4.20. The third-order valence-electron chi connectivity index (χ3n) is 5.78. The van der Waals surface area contributed by atoms with Crippen LogP contribution in [0.5, 0.6) is 17.2 Å². The highest BCUT2D eigenvalue weighted by Crippen LogP contribution is 2.41. The van der Waals surface area contributed by atoms with Crippen molar-refractivity contribution in [1.82, 2.24) is 0 Å². The molecule has 0 aromatic heterocycles. The molecule has 164 valence electrons. The first-order chi connectivity index (χ1) is 15.4. The summed E-state index contributed by atoms with van der Waals surface area (Å²) in [6, 6.07) is 17.1. The van der Waals surface area contributed by atoms with Gasteiger partial charge in [0.25, 0.3) is 0 Å². The lowest BCUT2D eigenvalue weighted by Crippen LogP contribution is -2.22. The number of rotatable bonds is 6. The Bertz CT molecular complexity index is 1170. The number of anilines is 1. The number of ether oxygens (including phenoxy) is 1. The van der Waals surface area contributed by atoms with E-state index in [0.29, 0.717) is 17.9 Å². The van der Waals surface area contributed by atoms with Gasteiger partial charge in [0, 0.05) is 11.3 Å². The van der Waals surface area contributed by atoms with Crippen LogP contribution in [0.3, 0.4) is 0 Å². The van der Waals surface area contributed by atoms with Gasteiger partial charge in [0.05, 0.1) is 0 Å². The number of carbonyl (C=O) groups is 2. The quantitative estimate of drug-likeness (QED) is 0.488. The van der Waals surface area contributed by atoms with E-state index >= 15 is 0 Å². The zero-order chi connectivity index (χ0) is 22.7. The molecule has 0 spiro atoms. The summed E-state index contributed by atoms with van der Waals surface area (Å²) in [5.74, 6) is -0.964. The molecule has 6 heteroatoms. The largest absolute Gasteiger partial charge is 0.508 e. The van der Waals surface area contributed by atoms with Crippen molar-refractivity contribution in [1.29, 1.82) is 0 Å². The summed E-state index contributed by atoms with van der Waals surface area (Å²) in [4.78, 5) is 22.6. The number of nitrogens with one attached hydrogen (secondary N) is 1. The standard InChI is InChI=1S/C26H25NO5/c1-16-14-22(27-25(29)26(30)31)20-8-5-9-21(20)24(16)32-19-12-13-23(28)18(15-19)11-10-17-6-3-2-4-7-17/h2-4,6-7,12-15,28H,5,8-11H2,1H3,(H,27,29)(H,30,31). The SMILES string of the molecule is Cc1cc(NC(=O)C(=O)O)c2c(c1Oc1ccc(O)c(CCc3ccccc3)c1)CCC2. The molecule has 0 fully saturated rings. The van der Waals surface area contributed by atoms with Crippen molar-refractivity contribution in [3.8, 4) is 17.2 Å². The van der Waals surface area contributed by atoms with Crippen molar-refractivity contribution in [2.75, 3.05) is 5.32 Å². The molecule has 0 radical (unpaired) electrons. The van der Waals surface area contributed by atoms with Crippen LogP contribution in [0.4, 0.5) is 5.69 Å². The van der Waals surface area contributed by atoms with Crippen LogP contribution in [0.1, 0.15) is 34.2 Å². The predicted molar refractivity (Wildman–Crippen MR) is 122 cm³/mol. The van der Waals surface area contributed by atoms with E-state index in [9.17, 15) is 14.7 Å². The van der Waals surface area contributed by atoms with E-state index in [1.807, 2.05) is 31.2 Å². The molecule has 6 nitrogen and oxygen atoms in total. The highest BCUT2D eigenvalue weighted by atomic mass is 16.5. The Kier molecular flexibility index (Phi) is 6.12. The summed E-state index contributed by atoms with van der Waals surface area (Å²) in [6.07, 6.45) is 3.94. The zero-order valence-electron chi connectivity index (χ0n) is 17.9. The average Bonchev–Trinajstić information content (AvgIpc) is 3.27. The fourth-order valence-corrected chi connectivity index (χ4v) is 4.20. The molecule has 3 aromatic rings. The Balaban J connectivity index is 1.58. The lowest BCUT2D eigenvalue weighted by Gasteiger charge is -2.18. The molecule has 3 N–H and O–H groups in total. The first kappa shape index (κ1) is 21.4. The van der Waals surface area contributed by atoms with Crippen LogP contribution in [0.2, 0.25) is 0 Å². The van der Waals surface area contributed by atoms with Gasteiger partial charge >= 0.3 is 11.9 Å². The van der Waals surface area contributed by atoms with Crippen molar-refractivity contribution in [2.45, 2.75) is 39.0 Å². The minimum absolute atomic E-state index is 0.238. The molecule has 0 bridgehead atoms.